The number of methoxy groups -OCH3 is 1. The van der Waals surface area contributed by atoms with E-state index in [4.69, 9.17) is 9.47 Å². The summed E-state index contributed by atoms with van der Waals surface area (Å²) in [6, 6.07) is 23.6. The average molecular weight is 408 g/mol. The molecule has 0 aliphatic carbocycles. The Morgan fingerprint density at radius 1 is 0.839 bits per heavy atom. The zero-order valence-corrected chi connectivity index (χ0v) is 16.9. The largest absolute Gasteiger partial charge is 0.496 e. The third-order valence-electron chi connectivity index (χ3n) is 4.97. The van der Waals surface area contributed by atoms with Crippen molar-refractivity contribution < 1.29 is 9.47 Å². The molecule has 0 fully saturated rings. The van der Waals surface area contributed by atoms with Crippen LogP contribution in [0.1, 0.15) is 11.4 Å². The zero-order chi connectivity index (χ0) is 21.0. The molecule has 2 heterocycles. The molecule has 0 saturated heterocycles. The Hall–Kier alpha value is -4.19. The van der Waals surface area contributed by atoms with E-state index in [1.54, 1.807) is 19.5 Å². The number of nitrogens with zero attached hydrogens (tertiary/aromatic N) is 3. The Bertz CT molecular complexity index is 1300. The molecule has 5 rings (SSSR count). The summed E-state index contributed by atoms with van der Waals surface area (Å²) in [7, 11) is 1.64. The highest BCUT2D eigenvalue weighted by Crippen LogP contribution is 2.35. The maximum absolute atomic E-state index is 6.06. The molecule has 0 bridgehead atoms. The molecule has 1 N–H and O–H groups in total. The maximum atomic E-state index is 6.06. The third-order valence-corrected chi connectivity index (χ3v) is 4.97. The average Bonchev–Trinajstić information content (AvgIpc) is 3.23. The van der Waals surface area contributed by atoms with Crippen molar-refractivity contribution in [2.75, 3.05) is 7.11 Å². The molecule has 3 aromatic carbocycles. The van der Waals surface area contributed by atoms with Gasteiger partial charge >= 0.3 is 0 Å². The predicted octanol–water partition coefficient (Wildman–Crippen LogP) is 5.41. The number of rotatable bonds is 6. The number of nitrogens with one attached hydrogen (secondary N) is 1. The van der Waals surface area contributed by atoms with E-state index in [0.717, 1.165) is 28.0 Å². The molecule has 0 unspecified atom stereocenters. The number of H-pyrrole nitrogens is 1. The van der Waals surface area contributed by atoms with Gasteiger partial charge in [0, 0.05) is 24.4 Å². The molecule has 0 atom stereocenters. The van der Waals surface area contributed by atoms with Crippen LogP contribution in [0, 0.1) is 0 Å². The number of fused-ring (bicyclic) bond motifs is 1. The molecule has 6 heteroatoms. The fourth-order valence-electron chi connectivity index (χ4n) is 3.49. The van der Waals surface area contributed by atoms with Crippen LogP contribution in [0.3, 0.4) is 0 Å². The summed E-state index contributed by atoms with van der Waals surface area (Å²) in [6.45, 7) is 0. The molecular formula is C25H20N4O2. The smallest absolute Gasteiger partial charge is 0.246 e. The lowest BCUT2D eigenvalue weighted by atomic mass is 10.1. The molecule has 0 saturated carbocycles. The van der Waals surface area contributed by atoms with Gasteiger partial charge in [-0.1, -0.05) is 36.4 Å². The van der Waals surface area contributed by atoms with Gasteiger partial charge in [-0.2, -0.15) is 0 Å². The Morgan fingerprint density at radius 3 is 2.45 bits per heavy atom. The molecular weight excluding hydrogens is 388 g/mol. The lowest BCUT2D eigenvalue weighted by Crippen LogP contribution is -1.96. The van der Waals surface area contributed by atoms with Gasteiger partial charge in [0.1, 0.15) is 23.0 Å². The Labute approximate surface area is 179 Å². The van der Waals surface area contributed by atoms with Crippen molar-refractivity contribution in [2.45, 2.75) is 6.42 Å². The van der Waals surface area contributed by atoms with Gasteiger partial charge in [0.05, 0.1) is 18.1 Å². The molecule has 2 aromatic heterocycles. The van der Waals surface area contributed by atoms with Crippen LogP contribution in [0.25, 0.3) is 22.3 Å². The van der Waals surface area contributed by atoms with Crippen molar-refractivity contribution in [3.05, 3.63) is 96.6 Å². The quantitative estimate of drug-likeness (QED) is 0.407. The van der Waals surface area contributed by atoms with Crippen molar-refractivity contribution in [1.82, 2.24) is 19.9 Å². The van der Waals surface area contributed by atoms with Gasteiger partial charge in [-0.05, 0) is 42.0 Å². The van der Waals surface area contributed by atoms with Crippen LogP contribution in [0.5, 0.6) is 17.4 Å². The van der Waals surface area contributed by atoms with Gasteiger partial charge in [0.2, 0.25) is 5.88 Å². The van der Waals surface area contributed by atoms with Crippen LogP contribution in [-0.2, 0) is 6.42 Å². The van der Waals surface area contributed by atoms with Crippen molar-refractivity contribution in [1.29, 1.82) is 0 Å². The van der Waals surface area contributed by atoms with Gasteiger partial charge in [-0.25, -0.2) is 15.0 Å². The summed E-state index contributed by atoms with van der Waals surface area (Å²) in [5, 5.41) is 0. The molecule has 152 valence electrons. The first-order valence-electron chi connectivity index (χ1n) is 9.95. The lowest BCUT2D eigenvalue weighted by molar-refractivity contribution is 0.415. The van der Waals surface area contributed by atoms with E-state index in [0.29, 0.717) is 29.5 Å². The van der Waals surface area contributed by atoms with E-state index in [1.807, 2.05) is 72.8 Å². The summed E-state index contributed by atoms with van der Waals surface area (Å²) < 4.78 is 11.5. The van der Waals surface area contributed by atoms with Crippen LogP contribution < -0.4 is 9.47 Å². The van der Waals surface area contributed by atoms with Gasteiger partial charge in [0.25, 0.3) is 0 Å². The number of aromatic nitrogens is 4. The van der Waals surface area contributed by atoms with Crippen LogP contribution in [0.4, 0.5) is 0 Å². The monoisotopic (exact) mass is 408 g/mol. The maximum Gasteiger partial charge on any atom is 0.246 e. The highest BCUT2D eigenvalue weighted by molar-refractivity contribution is 5.74. The van der Waals surface area contributed by atoms with E-state index in [-0.39, 0.29) is 0 Å². The molecule has 0 aliphatic rings. The summed E-state index contributed by atoms with van der Waals surface area (Å²) >= 11 is 0. The minimum absolute atomic E-state index is 0.428. The van der Waals surface area contributed by atoms with E-state index in [2.05, 4.69) is 19.9 Å². The van der Waals surface area contributed by atoms with Gasteiger partial charge < -0.3 is 14.5 Å². The Morgan fingerprint density at radius 2 is 1.61 bits per heavy atom. The van der Waals surface area contributed by atoms with Crippen LogP contribution in [0.2, 0.25) is 0 Å². The van der Waals surface area contributed by atoms with Crippen molar-refractivity contribution >= 4 is 11.0 Å². The molecule has 6 nitrogen and oxygen atoms in total. The second kappa shape index (κ2) is 8.28. The minimum atomic E-state index is 0.428. The molecule has 0 aliphatic heterocycles. The Kier molecular flexibility index (Phi) is 5.02. The van der Waals surface area contributed by atoms with E-state index < -0.39 is 0 Å². The number of hydrogen-bond donors (Lipinski definition) is 1. The summed E-state index contributed by atoms with van der Waals surface area (Å²) in [4.78, 5) is 16.9. The van der Waals surface area contributed by atoms with Gasteiger partial charge in [0.15, 0.2) is 0 Å². The zero-order valence-electron chi connectivity index (χ0n) is 16.9. The van der Waals surface area contributed by atoms with Crippen molar-refractivity contribution in [3.63, 3.8) is 0 Å². The number of para-hydroxylation sites is 3. The van der Waals surface area contributed by atoms with E-state index >= 15 is 0 Å². The standard InChI is InChI=1S/C25H20N4O2/c1-30-22-9-5-2-6-19(22)24-25(27-15-14-26-24)31-18-12-10-17(11-13-18)16-23-28-20-7-3-4-8-21(20)29-23/h2-15H,16H2,1H3,(H,28,29). The Balaban J connectivity index is 1.37. The van der Waals surface area contributed by atoms with E-state index in [9.17, 15) is 0 Å². The van der Waals surface area contributed by atoms with Crippen LogP contribution >= 0.6 is 0 Å². The van der Waals surface area contributed by atoms with Crippen molar-refractivity contribution in [3.8, 4) is 28.6 Å². The number of benzene rings is 3. The molecule has 0 spiro atoms. The number of imidazole rings is 1. The highest BCUT2D eigenvalue weighted by Gasteiger charge is 2.14. The normalized spacial score (nSPS) is 10.9. The number of ether oxygens (including phenoxy) is 2. The SMILES string of the molecule is COc1ccccc1-c1nccnc1Oc1ccc(Cc2nc3ccccc3[nH]2)cc1. The third kappa shape index (κ3) is 3.96. The molecule has 0 radical (unpaired) electrons. The lowest BCUT2D eigenvalue weighted by Gasteiger charge is -2.12. The van der Waals surface area contributed by atoms with Crippen LogP contribution in [0.15, 0.2) is 85.2 Å². The fraction of sp³-hybridized carbons (Fsp3) is 0.0800. The summed E-state index contributed by atoms with van der Waals surface area (Å²) in [5.41, 5.74) is 4.62. The number of aromatic amines is 1. The first-order chi connectivity index (χ1) is 15.3. The first-order valence-corrected chi connectivity index (χ1v) is 9.95. The van der Waals surface area contributed by atoms with Crippen LogP contribution in [-0.4, -0.2) is 27.0 Å². The van der Waals surface area contributed by atoms with E-state index in [1.165, 1.54) is 0 Å². The minimum Gasteiger partial charge on any atom is -0.496 e. The predicted molar refractivity (Wildman–Crippen MR) is 119 cm³/mol. The number of hydrogen-bond acceptors (Lipinski definition) is 5. The fourth-order valence-corrected chi connectivity index (χ4v) is 3.49. The van der Waals surface area contributed by atoms with Gasteiger partial charge in [-0.3, -0.25) is 0 Å². The highest BCUT2D eigenvalue weighted by atomic mass is 16.5. The summed E-state index contributed by atoms with van der Waals surface area (Å²) in [5.74, 6) is 2.76. The molecule has 5 aromatic rings. The van der Waals surface area contributed by atoms with Gasteiger partial charge in [-0.15, -0.1) is 0 Å². The topological polar surface area (TPSA) is 72.9 Å². The second-order valence-corrected chi connectivity index (χ2v) is 7.03. The second-order valence-electron chi connectivity index (χ2n) is 7.03. The van der Waals surface area contributed by atoms with Crippen molar-refractivity contribution in [2.24, 2.45) is 0 Å². The molecule has 31 heavy (non-hydrogen) atoms. The first kappa shape index (κ1) is 18.8. The summed E-state index contributed by atoms with van der Waals surface area (Å²) in [6.07, 6.45) is 3.97. The molecule has 0 amide bonds.